The molecule has 1 aromatic carbocycles. The third kappa shape index (κ3) is 6.23. The van der Waals surface area contributed by atoms with E-state index in [-0.39, 0.29) is 31.1 Å². The van der Waals surface area contributed by atoms with Gasteiger partial charge < -0.3 is 28.6 Å². The average molecular weight is 403 g/mol. The van der Waals surface area contributed by atoms with Crippen molar-refractivity contribution in [1.82, 2.24) is 9.78 Å². The summed E-state index contributed by atoms with van der Waals surface area (Å²) in [5.74, 6) is -1.01. The molecule has 0 atom stereocenters. The summed E-state index contributed by atoms with van der Waals surface area (Å²) < 4.78 is 1.48. The van der Waals surface area contributed by atoms with Crippen molar-refractivity contribution in [3.8, 4) is 0 Å². The number of carbonyl (C=O) groups excluding carboxylic acids is 1. The Morgan fingerprint density at radius 1 is 1.20 bits per heavy atom. The molecule has 1 aromatic heterocycles. The molecule has 2 aromatic rings. The maximum absolute atomic E-state index is 11.0. The number of aromatic carboxylic acids is 1. The zero-order valence-electron chi connectivity index (χ0n) is 18.4. The fourth-order valence-electron chi connectivity index (χ4n) is 3.64. The monoisotopic (exact) mass is 403 g/mol. The average Bonchev–Trinajstić information content (AvgIpc) is 2.88. The Hall–Kier alpha value is -2.03. The number of hydrogen-bond donors (Lipinski definition) is 1. The van der Waals surface area contributed by atoms with Crippen molar-refractivity contribution in [2.75, 3.05) is 18.0 Å². The summed E-state index contributed by atoms with van der Waals surface area (Å²) in [6.07, 6.45) is 6.42. The van der Waals surface area contributed by atoms with Gasteiger partial charge in [0.1, 0.15) is 0 Å². The van der Waals surface area contributed by atoms with E-state index < -0.39 is 5.97 Å². The molecule has 158 valence electrons. The van der Waals surface area contributed by atoms with E-state index in [4.69, 9.17) is 5.11 Å². The van der Waals surface area contributed by atoms with Gasteiger partial charge in [-0.1, -0.05) is 25.1 Å². The smallest absolute Gasteiger partial charge is 0.540 e. The third-order valence-electron chi connectivity index (χ3n) is 5.38. The van der Waals surface area contributed by atoms with E-state index >= 15 is 0 Å². The molecule has 0 saturated heterocycles. The van der Waals surface area contributed by atoms with Crippen molar-refractivity contribution in [2.45, 2.75) is 52.5 Å². The van der Waals surface area contributed by atoms with Gasteiger partial charge in [0.15, 0.2) is 5.69 Å². The number of aryl methyl sites for hydroxylation is 1. The van der Waals surface area contributed by atoms with E-state index in [1.807, 2.05) is 0 Å². The SMILES string of the molecule is O=[C-]Cn1nc(C(=O)O)c2c1CCCCC2.[CH2-]CN(C[CH2-])c1cccc(C)c1C.[Li+]. The quantitative estimate of drug-likeness (QED) is 0.438. The first kappa shape index (κ1) is 26.0. The van der Waals surface area contributed by atoms with Crippen LogP contribution in [0.2, 0.25) is 0 Å². The van der Waals surface area contributed by atoms with Crippen molar-refractivity contribution >= 4 is 17.9 Å². The van der Waals surface area contributed by atoms with Crippen LogP contribution in [-0.4, -0.2) is 40.2 Å². The maximum Gasteiger partial charge on any atom is 1.00 e. The van der Waals surface area contributed by atoms with Crippen molar-refractivity contribution in [3.05, 3.63) is 60.1 Å². The van der Waals surface area contributed by atoms with Crippen molar-refractivity contribution in [1.29, 1.82) is 0 Å². The van der Waals surface area contributed by atoms with E-state index in [1.165, 1.54) is 21.5 Å². The van der Waals surface area contributed by atoms with Gasteiger partial charge >= 0.3 is 24.8 Å². The normalized spacial score (nSPS) is 12.5. The van der Waals surface area contributed by atoms with Gasteiger partial charge in [-0.15, -0.1) is 13.1 Å². The predicted molar refractivity (Wildman–Crippen MR) is 115 cm³/mol. The molecule has 3 rings (SSSR count). The van der Waals surface area contributed by atoms with Crippen LogP contribution in [0.5, 0.6) is 0 Å². The molecule has 0 unspecified atom stereocenters. The Bertz CT molecular complexity index is 844. The molecule has 7 heteroatoms. The molecule has 0 amide bonds. The number of fused-ring (bicyclic) bond motifs is 1. The number of carbonyl (C=O) groups is 1. The minimum absolute atomic E-state index is 0. The van der Waals surface area contributed by atoms with Crippen LogP contribution in [0.4, 0.5) is 5.69 Å². The third-order valence-corrected chi connectivity index (χ3v) is 5.38. The Balaban J connectivity index is 0.000000297. The minimum Gasteiger partial charge on any atom is -0.540 e. The number of hydrogen-bond acceptors (Lipinski definition) is 4. The number of anilines is 1. The summed E-state index contributed by atoms with van der Waals surface area (Å²) >= 11 is 0. The second-order valence-electron chi connectivity index (χ2n) is 7.15. The molecule has 1 heterocycles. The van der Waals surface area contributed by atoms with Gasteiger partial charge in [0.05, 0.1) is 0 Å². The van der Waals surface area contributed by atoms with Gasteiger partial charge in [0, 0.05) is 16.9 Å². The summed E-state index contributed by atoms with van der Waals surface area (Å²) in [7, 11) is 0. The number of rotatable bonds is 6. The van der Waals surface area contributed by atoms with Gasteiger partial charge in [-0.05, 0) is 56.7 Å². The van der Waals surface area contributed by atoms with E-state index in [2.05, 4.69) is 55.9 Å². The molecule has 0 fully saturated rings. The van der Waals surface area contributed by atoms with E-state index in [9.17, 15) is 9.59 Å². The van der Waals surface area contributed by atoms with Crippen molar-refractivity contribution in [2.24, 2.45) is 0 Å². The fourth-order valence-corrected chi connectivity index (χ4v) is 3.64. The molecule has 6 nitrogen and oxygen atoms in total. The molecule has 1 aliphatic carbocycles. The molecule has 0 bridgehead atoms. The molecule has 0 spiro atoms. The van der Waals surface area contributed by atoms with Crippen molar-refractivity contribution < 1.29 is 33.6 Å². The first-order valence-electron chi connectivity index (χ1n) is 10.0. The van der Waals surface area contributed by atoms with Gasteiger partial charge in [-0.3, -0.25) is 4.68 Å². The standard InChI is InChI=1S/C12H17N.C11H13N2O3.Li/c1-5-13(6-2)12-9-7-8-10(3)11(12)4;14-7-6-13-9-5-3-1-2-4-8(9)10(12-13)11(15)16;/h7-9H,1-2,5-6H2,3-4H3;1-6H2,(H,15,16);/q-2;-1;+1. The summed E-state index contributed by atoms with van der Waals surface area (Å²) in [5, 5.41) is 13.0. The maximum atomic E-state index is 11.0. The summed E-state index contributed by atoms with van der Waals surface area (Å²) in [6, 6.07) is 6.33. The zero-order valence-corrected chi connectivity index (χ0v) is 18.4. The van der Waals surface area contributed by atoms with Crippen LogP contribution >= 0.6 is 0 Å². The molecule has 1 aliphatic rings. The Kier molecular flexibility index (Phi) is 10.9. The number of carboxylic acids is 1. The minimum atomic E-state index is -1.01. The Morgan fingerprint density at radius 2 is 1.87 bits per heavy atom. The molecular weight excluding hydrogens is 373 g/mol. The topological polar surface area (TPSA) is 75.4 Å². The molecule has 30 heavy (non-hydrogen) atoms. The van der Waals surface area contributed by atoms with Crippen LogP contribution in [-0.2, 0) is 24.2 Å². The molecule has 0 aliphatic heterocycles. The van der Waals surface area contributed by atoms with Crippen LogP contribution in [0.1, 0.15) is 52.1 Å². The van der Waals surface area contributed by atoms with Crippen LogP contribution in [0.25, 0.3) is 0 Å². The zero-order chi connectivity index (χ0) is 21.4. The van der Waals surface area contributed by atoms with Crippen LogP contribution in [0, 0.1) is 27.7 Å². The van der Waals surface area contributed by atoms with Crippen LogP contribution in [0.15, 0.2) is 18.2 Å². The van der Waals surface area contributed by atoms with Gasteiger partial charge in [-0.25, -0.2) is 11.1 Å². The van der Waals surface area contributed by atoms with E-state index in [0.717, 1.165) is 56.5 Å². The van der Waals surface area contributed by atoms with Crippen LogP contribution in [0.3, 0.4) is 0 Å². The Morgan fingerprint density at radius 3 is 2.47 bits per heavy atom. The van der Waals surface area contributed by atoms with E-state index in [1.54, 1.807) is 6.29 Å². The summed E-state index contributed by atoms with van der Waals surface area (Å²) in [5.41, 5.74) is 5.72. The molecule has 1 N–H and O–H groups in total. The predicted octanol–water partition coefficient (Wildman–Crippen LogP) is 0.742. The fraction of sp³-hybridized carbons (Fsp3) is 0.435. The summed E-state index contributed by atoms with van der Waals surface area (Å²) in [6.45, 7) is 13.6. The summed E-state index contributed by atoms with van der Waals surface area (Å²) in [4.78, 5) is 23.6. The Labute approximate surface area is 191 Å². The number of benzene rings is 1. The number of nitrogens with zero attached hydrogens (tertiary/aromatic N) is 3. The molecule has 0 radical (unpaired) electrons. The number of carboxylic acid groups (broad SMARTS) is 1. The largest absolute Gasteiger partial charge is 1.00 e. The number of aromatic nitrogens is 2. The van der Waals surface area contributed by atoms with Gasteiger partial charge in [0.25, 0.3) is 0 Å². The molecule has 0 saturated carbocycles. The van der Waals surface area contributed by atoms with E-state index in [0.29, 0.717) is 0 Å². The van der Waals surface area contributed by atoms with Gasteiger partial charge in [-0.2, -0.15) is 5.10 Å². The first-order chi connectivity index (χ1) is 13.9. The first-order valence-corrected chi connectivity index (χ1v) is 10.0. The molecular formula is C23H30LiN3O3-2. The van der Waals surface area contributed by atoms with Crippen LogP contribution < -0.4 is 23.8 Å². The van der Waals surface area contributed by atoms with Gasteiger partial charge in [0.2, 0.25) is 0 Å². The van der Waals surface area contributed by atoms with Crippen molar-refractivity contribution in [3.63, 3.8) is 0 Å². The second-order valence-corrected chi connectivity index (χ2v) is 7.15. The second kappa shape index (κ2) is 12.6.